The summed E-state index contributed by atoms with van der Waals surface area (Å²) in [6.07, 6.45) is 2.46. The Morgan fingerprint density at radius 1 is 1.55 bits per heavy atom. The van der Waals surface area contributed by atoms with E-state index in [1.165, 1.54) is 11.3 Å². The fourth-order valence-corrected chi connectivity index (χ4v) is 3.33. The predicted molar refractivity (Wildman–Crippen MR) is 84.0 cm³/mol. The van der Waals surface area contributed by atoms with Crippen LogP contribution in [0.5, 0.6) is 0 Å². The molecule has 0 aromatic carbocycles. The van der Waals surface area contributed by atoms with Crippen LogP contribution in [-0.2, 0) is 19.4 Å². The summed E-state index contributed by atoms with van der Waals surface area (Å²) in [6, 6.07) is 0.113. The average molecular weight is 320 g/mol. The van der Waals surface area contributed by atoms with Gasteiger partial charge in [-0.2, -0.15) is 0 Å². The minimum atomic E-state index is -0.0941. The summed E-state index contributed by atoms with van der Waals surface area (Å²) in [6.45, 7) is 2.66. The van der Waals surface area contributed by atoms with Gasteiger partial charge in [-0.1, -0.05) is 5.16 Å². The second kappa shape index (κ2) is 6.18. The summed E-state index contributed by atoms with van der Waals surface area (Å²) in [4.78, 5) is 18.5. The van der Waals surface area contributed by atoms with E-state index in [4.69, 9.17) is 4.52 Å². The molecule has 0 saturated carbocycles. The number of carbonyl (C=O) groups excluding carboxylic acids is 1. The van der Waals surface area contributed by atoms with Crippen molar-refractivity contribution in [1.29, 1.82) is 0 Å². The fraction of sp³-hybridized carbons (Fsp3) is 0.533. The lowest BCUT2D eigenvalue weighted by Gasteiger charge is -2.22. The summed E-state index contributed by atoms with van der Waals surface area (Å²) >= 11 is 1.49. The average Bonchev–Trinajstić information content (AvgIpc) is 3.05. The van der Waals surface area contributed by atoms with Crippen molar-refractivity contribution in [3.05, 3.63) is 33.1 Å². The number of hydrogen-bond donors (Lipinski definition) is 1. The van der Waals surface area contributed by atoms with Gasteiger partial charge in [0.25, 0.3) is 5.91 Å². The molecular formula is C15H20N4O2S. The smallest absolute Gasteiger partial charge is 0.270 e. The van der Waals surface area contributed by atoms with Crippen LogP contribution in [0.25, 0.3) is 0 Å². The maximum Gasteiger partial charge on any atom is 0.270 e. The zero-order chi connectivity index (χ0) is 15.7. The molecule has 1 unspecified atom stereocenters. The lowest BCUT2D eigenvalue weighted by molar-refractivity contribution is 0.0928. The third kappa shape index (κ3) is 3.20. The number of aromatic nitrogens is 2. The van der Waals surface area contributed by atoms with Gasteiger partial charge in [-0.3, -0.25) is 4.79 Å². The van der Waals surface area contributed by atoms with E-state index in [9.17, 15) is 4.79 Å². The van der Waals surface area contributed by atoms with Crippen molar-refractivity contribution in [3.8, 4) is 0 Å². The van der Waals surface area contributed by atoms with Crippen molar-refractivity contribution in [2.24, 2.45) is 0 Å². The van der Waals surface area contributed by atoms with E-state index in [0.29, 0.717) is 5.69 Å². The lowest BCUT2D eigenvalue weighted by Crippen LogP contribution is -2.39. The largest absolute Gasteiger partial charge is 0.361 e. The molecule has 6 nitrogen and oxygen atoms in total. The van der Waals surface area contributed by atoms with Crippen molar-refractivity contribution in [2.75, 3.05) is 14.1 Å². The first-order valence-electron chi connectivity index (χ1n) is 7.37. The maximum atomic E-state index is 12.2. The normalized spacial score (nSPS) is 17.5. The lowest BCUT2D eigenvalue weighted by atomic mass is 9.92. The first-order chi connectivity index (χ1) is 10.5. The molecule has 0 radical (unpaired) electrons. The van der Waals surface area contributed by atoms with E-state index in [0.717, 1.165) is 47.8 Å². The van der Waals surface area contributed by atoms with Gasteiger partial charge < -0.3 is 14.7 Å². The number of amides is 1. The minimum Gasteiger partial charge on any atom is -0.361 e. The van der Waals surface area contributed by atoms with Crippen molar-refractivity contribution in [3.63, 3.8) is 0 Å². The SMILES string of the molecule is Cc1nc(C(=O)NC2CCc3onc(CN(C)C)c3C2)cs1. The van der Waals surface area contributed by atoms with Crippen LogP contribution in [0.15, 0.2) is 9.90 Å². The van der Waals surface area contributed by atoms with Crippen LogP contribution in [0.2, 0.25) is 0 Å². The van der Waals surface area contributed by atoms with Gasteiger partial charge in [0.05, 0.1) is 5.01 Å². The topological polar surface area (TPSA) is 71.3 Å². The van der Waals surface area contributed by atoms with Gasteiger partial charge in [-0.15, -0.1) is 11.3 Å². The van der Waals surface area contributed by atoms with Crippen LogP contribution < -0.4 is 5.32 Å². The molecule has 1 N–H and O–H groups in total. The van der Waals surface area contributed by atoms with E-state index in [2.05, 4.69) is 20.4 Å². The highest BCUT2D eigenvalue weighted by Crippen LogP contribution is 2.25. The molecule has 2 aromatic heterocycles. The zero-order valence-corrected chi connectivity index (χ0v) is 13.9. The molecule has 0 fully saturated rings. The highest BCUT2D eigenvalue weighted by atomic mass is 32.1. The van der Waals surface area contributed by atoms with Gasteiger partial charge in [0, 0.05) is 30.0 Å². The molecule has 1 aliphatic carbocycles. The van der Waals surface area contributed by atoms with Gasteiger partial charge in [-0.25, -0.2) is 4.98 Å². The number of carbonyl (C=O) groups is 1. The minimum absolute atomic E-state index is 0.0941. The molecule has 22 heavy (non-hydrogen) atoms. The zero-order valence-electron chi connectivity index (χ0n) is 13.0. The first-order valence-corrected chi connectivity index (χ1v) is 8.25. The quantitative estimate of drug-likeness (QED) is 0.930. The van der Waals surface area contributed by atoms with Crippen molar-refractivity contribution < 1.29 is 9.32 Å². The van der Waals surface area contributed by atoms with Gasteiger partial charge >= 0.3 is 0 Å². The van der Waals surface area contributed by atoms with Gasteiger partial charge in [0.2, 0.25) is 0 Å². The maximum absolute atomic E-state index is 12.2. The number of aryl methyl sites for hydroxylation is 2. The third-order valence-corrected chi connectivity index (χ3v) is 4.55. The molecule has 0 saturated heterocycles. The number of rotatable bonds is 4. The monoisotopic (exact) mass is 320 g/mol. The summed E-state index contributed by atoms with van der Waals surface area (Å²) < 4.78 is 5.43. The highest BCUT2D eigenvalue weighted by molar-refractivity contribution is 7.09. The number of hydrogen-bond acceptors (Lipinski definition) is 6. The predicted octanol–water partition coefficient (Wildman–Crippen LogP) is 1.79. The van der Waals surface area contributed by atoms with E-state index < -0.39 is 0 Å². The van der Waals surface area contributed by atoms with Crippen LogP contribution in [0.1, 0.15) is 38.9 Å². The molecule has 0 aliphatic heterocycles. The van der Waals surface area contributed by atoms with Crippen molar-refractivity contribution >= 4 is 17.2 Å². The molecule has 2 aromatic rings. The van der Waals surface area contributed by atoms with Gasteiger partial charge in [0.15, 0.2) is 0 Å². The Labute approximate surface area is 133 Å². The van der Waals surface area contributed by atoms with Crippen LogP contribution in [-0.4, -0.2) is 41.1 Å². The van der Waals surface area contributed by atoms with Gasteiger partial charge in [0.1, 0.15) is 17.1 Å². The molecule has 1 amide bonds. The van der Waals surface area contributed by atoms with E-state index in [1.54, 1.807) is 5.38 Å². The van der Waals surface area contributed by atoms with E-state index >= 15 is 0 Å². The molecule has 1 aliphatic rings. The third-order valence-electron chi connectivity index (χ3n) is 3.77. The van der Waals surface area contributed by atoms with Gasteiger partial charge in [-0.05, 0) is 33.9 Å². The fourth-order valence-electron chi connectivity index (χ4n) is 2.74. The number of nitrogens with one attached hydrogen (secondary N) is 1. The summed E-state index contributed by atoms with van der Waals surface area (Å²) in [5, 5.41) is 9.96. The van der Waals surface area contributed by atoms with Crippen LogP contribution in [0.3, 0.4) is 0 Å². The number of thiazole rings is 1. The Morgan fingerprint density at radius 3 is 3.05 bits per heavy atom. The van der Waals surface area contributed by atoms with E-state index in [1.807, 2.05) is 21.0 Å². The molecular weight excluding hydrogens is 300 g/mol. The molecule has 0 bridgehead atoms. The summed E-state index contributed by atoms with van der Waals surface area (Å²) in [7, 11) is 4.02. The van der Waals surface area contributed by atoms with Crippen molar-refractivity contribution in [2.45, 2.75) is 38.8 Å². The Kier molecular flexibility index (Phi) is 4.26. The number of fused-ring (bicyclic) bond motifs is 1. The van der Waals surface area contributed by atoms with Crippen LogP contribution >= 0.6 is 11.3 Å². The Hall–Kier alpha value is -1.73. The number of nitrogens with zero attached hydrogens (tertiary/aromatic N) is 3. The Balaban J connectivity index is 1.68. The molecule has 1 atom stereocenters. The van der Waals surface area contributed by atoms with Crippen LogP contribution in [0.4, 0.5) is 0 Å². The molecule has 0 spiro atoms. The summed E-state index contributed by atoms with van der Waals surface area (Å²) in [5.41, 5.74) is 2.63. The first kappa shape index (κ1) is 15.2. The van der Waals surface area contributed by atoms with E-state index in [-0.39, 0.29) is 11.9 Å². The molecule has 118 valence electrons. The molecule has 3 rings (SSSR count). The van der Waals surface area contributed by atoms with Crippen LogP contribution in [0, 0.1) is 6.92 Å². The standard InChI is InChI=1S/C15H20N4O2S/c1-9-16-13(8-22-9)15(20)17-10-4-5-14-11(6-10)12(18-21-14)7-19(2)3/h8,10H,4-7H2,1-3H3,(H,17,20). The molecule has 2 heterocycles. The van der Waals surface area contributed by atoms with Crippen molar-refractivity contribution in [1.82, 2.24) is 20.4 Å². The molecule has 7 heteroatoms. The summed E-state index contributed by atoms with van der Waals surface area (Å²) in [5.74, 6) is 0.871. The highest BCUT2D eigenvalue weighted by Gasteiger charge is 2.27. The second-order valence-electron chi connectivity index (χ2n) is 5.93. The Morgan fingerprint density at radius 2 is 2.36 bits per heavy atom. The second-order valence-corrected chi connectivity index (χ2v) is 7.00. The Bertz CT molecular complexity index is 677.